The van der Waals surface area contributed by atoms with E-state index < -0.39 is 0 Å². The van der Waals surface area contributed by atoms with Gasteiger partial charge in [-0.15, -0.1) is 0 Å². The lowest BCUT2D eigenvalue weighted by atomic mass is 10.2. The van der Waals surface area contributed by atoms with Crippen LogP contribution in [0.15, 0.2) is 24.3 Å². The van der Waals surface area contributed by atoms with Gasteiger partial charge >= 0.3 is 0 Å². The summed E-state index contributed by atoms with van der Waals surface area (Å²) in [6, 6.07) is 6.14. The second-order valence-corrected chi connectivity index (χ2v) is 4.64. The Bertz CT molecular complexity index is 662. The second-order valence-electron chi connectivity index (χ2n) is 4.64. The molecule has 1 N–H and O–H groups in total. The Morgan fingerprint density at radius 2 is 1.00 bits per heavy atom. The van der Waals surface area contributed by atoms with E-state index in [-0.39, 0.29) is 5.75 Å². The van der Waals surface area contributed by atoms with Crippen LogP contribution in [0.25, 0.3) is 0 Å². The standard InChI is InChI=1S/C17H20O7/c1-19-12-6-10(18)7-13(20-2)17(12)24-11-8-14(21-3)16(23-5)15(9-11)22-4/h6-9,18H,1-5H3. The zero-order valence-electron chi connectivity index (χ0n) is 14.2. The molecule has 0 heterocycles. The minimum atomic E-state index is 0.000872. The van der Waals surface area contributed by atoms with Gasteiger partial charge in [-0.25, -0.2) is 0 Å². The first-order valence-electron chi connectivity index (χ1n) is 7.00. The van der Waals surface area contributed by atoms with Crippen molar-refractivity contribution in [1.82, 2.24) is 0 Å². The highest BCUT2D eigenvalue weighted by molar-refractivity contribution is 5.60. The summed E-state index contributed by atoms with van der Waals surface area (Å²) < 4.78 is 32.3. The lowest BCUT2D eigenvalue weighted by molar-refractivity contribution is 0.316. The molecule has 0 aliphatic carbocycles. The van der Waals surface area contributed by atoms with Crippen molar-refractivity contribution in [1.29, 1.82) is 0 Å². The van der Waals surface area contributed by atoms with E-state index in [0.717, 1.165) is 0 Å². The smallest absolute Gasteiger partial charge is 0.211 e. The fourth-order valence-corrected chi connectivity index (χ4v) is 2.20. The van der Waals surface area contributed by atoms with Crippen molar-refractivity contribution in [2.24, 2.45) is 0 Å². The number of hydrogen-bond acceptors (Lipinski definition) is 7. The van der Waals surface area contributed by atoms with E-state index in [0.29, 0.717) is 40.2 Å². The summed E-state index contributed by atoms with van der Waals surface area (Å²) >= 11 is 0. The van der Waals surface area contributed by atoms with Crippen LogP contribution >= 0.6 is 0 Å². The van der Waals surface area contributed by atoms with Crippen LogP contribution < -0.4 is 28.4 Å². The van der Waals surface area contributed by atoms with Gasteiger partial charge in [-0.05, 0) is 0 Å². The van der Waals surface area contributed by atoms with Crippen molar-refractivity contribution in [3.05, 3.63) is 24.3 Å². The molecular weight excluding hydrogens is 316 g/mol. The first kappa shape index (κ1) is 17.4. The minimum absolute atomic E-state index is 0.000872. The third kappa shape index (κ3) is 3.34. The number of benzene rings is 2. The van der Waals surface area contributed by atoms with Crippen LogP contribution in [-0.2, 0) is 0 Å². The molecule has 0 aromatic heterocycles. The molecule has 0 aliphatic heterocycles. The SMILES string of the molecule is COc1cc(Oc2c(OC)cc(O)cc2OC)cc(OC)c1OC. The molecule has 7 nitrogen and oxygen atoms in total. The predicted octanol–water partition coefficient (Wildman–Crippen LogP) is 3.23. The van der Waals surface area contributed by atoms with Crippen molar-refractivity contribution >= 4 is 0 Å². The lowest BCUT2D eigenvalue weighted by Gasteiger charge is -2.17. The van der Waals surface area contributed by atoms with E-state index >= 15 is 0 Å². The number of aromatic hydroxyl groups is 1. The molecule has 0 radical (unpaired) electrons. The maximum atomic E-state index is 9.71. The van der Waals surface area contributed by atoms with Gasteiger partial charge in [0.05, 0.1) is 35.5 Å². The average Bonchev–Trinajstić information content (AvgIpc) is 2.61. The van der Waals surface area contributed by atoms with Crippen LogP contribution in [-0.4, -0.2) is 40.7 Å². The van der Waals surface area contributed by atoms with Crippen LogP contribution in [0.4, 0.5) is 0 Å². The maximum absolute atomic E-state index is 9.71. The highest BCUT2D eigenvalue weighted by Crippen LogP contribution is 2.46. The quantitative estimate of drug-likeness (QED) is 0.832. The van der Waals surface area contributed by atoms with Gasteiger partial charge in [0, 0.05) is 24.3 Å². The van der Waals surface area contributed by atoms with Gasteiger partial charge in [0.15, 0.2) is 23.0 Å². The molecule has 2 aromatic carbocycles. The van der Waals surface area contributed by atoms with Gasteiger partial charge in [0.25, 0.3) is 0 Å². The highest BCUT2D eigenvalue weighted by atomic mass is 16.5. The fourth-order valence-electron chi connectivity index (χ4n) is 2.20. The van der Waals surface area contributed by atoms with Crippen LogP contribution in [0, 0.1) is 0 Å². The Hall–Kier alpha value is -2.96. The number of methoxy groups -OCH3 is 5. The van der Waals surface area contributed by atoms with E-state index in [1.807, 2.05) is 0 Å². The monoisotopic (exact) mass is 336 g/mol. The van der Waals surface area contributed by atoms with Gasteiger partial charge in [-0.2, -0.15) is 0 Å². The predicted molar refractivity (Wildman–Crippen MR) is 87.4 cm³/mol. The highest BCUT2D eigenvalue weighted by Gasteiger charge is 2.19. The van der Waals surface area contributed by atoms with Gasteiger partial charge in [-0.3, -0.25) is 0 Å². The van der Waals surface area contributed by atoms with Crippen LogP contribution in [0.2, 0.25) is 0 Å². The summed E-state index contributed by atoms with van der Waals surface area (Å²) in [7, 11) is 7.49. The summed E-state index contributed by atoms with van der Waals surface area (Å²) in [6.07, 6.45) is 0. The molecule has 24 heavy (non-hydrogen) atoms. The summed E-state index contributed by atoms with van der Waals surface area (Å²) in [5.74, 6) is 2.73. The van der Waals surface area contributed by atoms with Gasteiger partial charge in [0.1, 0.15) is 11.5 Å². The number of phenolic OH excluding ortho intramolecular Hbond substituents is 1. The number of rotatable bonds is 7. The molecule has 0 unspecified atom stereocenters. The Morgan fingerprint density at radius 3 is 1.38 bits per heavy atom. The lowest BCUT2D eigenvalue weighted by Crippen LogP contribution is -1.98. The zero-order valence-corrected chi connectivity index (χ0v) is 14.2. The van der Waals surface area contributed by atoms with E-state index in [2.05, 4.69) is 0 Å². The third-order valence-electron chi connectivity index (χ3n) is 3.30. The molecule has 0 atom stereocenters. The second kappa shape index (κ2) is 7.54. The van der Waals surface area contributed by atoms with Crippen LogP contribution in [0.1, 0.15) is 0 Å². The van der Waals surface area contributed by atoms with Crippen molar-refractivity contribution < 1.29 is 33.5 Å². The van der Waals surface area contributed by atoms with Gasteiger partial charge < -0.3 is 33.5 Å². The summed E-state index contributed by atoms with van der Waals surface area (Å²) in [4.78, 5) is 0. The molecule has 0 bridgehead atoms. The summed E-state index contributed by atoms with van der Waals surface area (Å²) in [6.45, 7) is 0. The zero-order chi connectivity index (χ0) is 17.7. The Labute approximate surface area is 140 Å². The Morgan fingerprint density at radius 1 is 0.583 bits per heavy atom. The van der Waals surface area contributed by atoms with E-state index in [9.17, 15) is 5.11 Å². The van der Waals surface area contributed by atoms with E-state index in [4.69, 9.17) is 28.4 Å². The van der Waals surface area contributed by atoms with Crippen LogP contribution in [0.3, 0.4) is 0 Å². The molecule has 130 valence electrons. The van der Waals surface area contributed by atoms with Crippen LogP contribution in [0.5, 0.6) is 46.0 Å². The van der Waals surface area contributed by atoms with E-state index in [1.165, 1.54) is 47.7 Å². The first-order valence-corrected chi connectivity index (χ1v) is 7.00. The molecule has 0 fully saturated rings. The van der Waals surface area contributed by atoms with E-state index in [1.54, 1.807) is 12.1 Å². The number of hydrogen-bond donors (Lipinski definition) is 1. The molecule has 0 amide bonds. The molecule has 0 saturated carbocycles. The topological polar surface area (TPSA) is 75.6 Å². The fraction of sp³-hybridized carbons (Fsp3) is 0.294. The summed E-state index contributed by atoms with van der Waals surface area (Å²) in [5, 5.41) is 9.71. The maximum Gasteiger partial charge on any atom is 0.211 e. The minimum Gasteiger partial charge on any atom is -0.508 e. The van der Waals surface area contributed by atoms with Gasteiger partial charge in [-0.1, -0.05) is 0 Å². The number of ether oxygens (including phenoxy) is 6. The average molecular weight is 336 g/mol. The van der Waals surface area contributed by atoms with Crippen molar-refractivity contribution in [2.45, 2.75) is 0 Å². The number of phenols is 1. The van der Waals surface area contributed by atoms with Crippen molar-refractivity contribution in [2.75, 3.05) is 35.5 Å². The molecule has 0 aliphatic rings. The Kier molecular flexibility index (Phi) is 5.47. The molecule has 2 rings (SSSR count). The third-order valence-corrected chi connectivity index (χ3v) is 3.30. The molecule has 2 aromatic rings. The molecule has 0 saturated heterocycles. The molecule has 0 spiro atoms. The van der Waals surface area contributed by atoms with Crippen molar-refractivity contribution in [3.8, 4) is 46.0 Å². The molecule has 7 heteroatoms. The van der Waals surface area contributed by atoms with Crippen molar-refractivity contribution in [3.63, 3.8) is 0 Å². The Balaban J connectivity index is 2.52. The van der Waals surface area contributed by atoms with Gasteiger partial charge in [0.2, 0.25) is 11.5 Å². The first-order chi connectivity index (χ1) is 11.6. The normalized spacial score (nSPS) is 10.0. The largest absolute Gasteiger partial charge is 0.508 e. The molecular formula is C17H20O7. The summed E-state index contributed by atoms with van der Waals surface area (Å²) in [5.41, 5.74) is 0.